The van der Waals surface area contributed by atoms with Crippen LogP contribution in [-0.2, 0) is 17.5 Å². The van der Waals surface area contributed by atoms with Crippen molar-refractivity contribution in [3.63, 3.8) is 0 Å². The van der Waals surface area contributed by atoms with Crippen LogP contribution in [0.5, 0.6) is 0 Å². The third-order valence-electron chi connectivity index (χ3n) is 5.70. The fourth-order valence-electron chi connectivity index (χ4n) is 3.32. The fraction of sp³-hybridized carbons (Fsp3) is 0.667. The molecule has 2 nitrogen and oxygen atoms in total. The molecule has 0 spiro atoms. The van der Waals surface area contributed by atoms with Crippen LogP contribution < -0.4 is 5.46 Å². The van der Waals surface area contributed by atoms with E-state index in [1.165, 1.54) is 4.57 Å². The SMILES string of the molecule is CC.CCCCCc1c(CC)n(C(F)F)c2cc([B]OC(C)(C)C(C)C)ccc12. The maximum atomic E-state index is 13.9. The van der Waals surface area contributed by atoms with Crippen LogP contribution in [0.4, 0.5) is 8.78 Å². The molecule has 163 valence electrons. The van der Waals surface area contributed by atoms with E-state index in [1.54, 1.807) is 7.48 Å². The molecule has 1 aromatic carbocycles. The van der Waals surface area contributed by atoms with Crippen molar-refractivity contribution in [3.05, 3.63) is 29.5 Å². The zero-order chi connectivity index (χ0) is 22.2. The van der Waals surface area contributed by atoms with Crippen LogP contribution in [0.25, 0.3) is 10.9 Å². The summed E-state index contributed by atoms with van der Waals surface area (Å²) in [4.78, 5) is 0. The van der Waals surface area contributed by atoms with Crippen molar-refractivity contribution in [1.29, 1.82) is 0 Å². The molecule has 0 amide bonds. The van der Waals surface area contributed by atoms with Crippen molar-refractivity contribution in [1.82, 2.24) is 4.57 Å². The number of aromatic nitrogens is 1. The minimum Gasteiger partial charge on any atom is -0.429 e. The third-order valence-corrected chi connectivity index (χ3v) is 5.70. The van der Waals surface area contributed by atoms with Gasteiger partial charge in [-0.2, -0.15) is 8.78 Å². The lowest BCUT2D eigenvalue weighted by molar-refractivity contribution is 0.0667. The van der Waals surface area contributed by atoms with Crippen molar-refractivity contribution < 1.29 is 13.4 Å². The van der Waals surface area contributed by atoms with Crippen molar-refractivity contribution in [2.24, 2.45) is 5.92 Å². The minimum absolute atomic E-state index is 0.306. The number of fused-ring (bicyclic) bond motifs is 1. The first-order chi connectivity index (χ1) is 13.7. The van der Waals surface area contributed by atoms with Gasteiger partial charge in [0.15, 0.2) is 0 Å². The highest BCUT2D eigenvalue weighted by atomic mass is 19.3. The summed E-state index contributed by atoms with van der Waals surface area (Å²) < 4.78 is 34.9. The predicted molar refractivity (Wildman–Crippen MR) is 123 cm³/mol. The Morgan fingerprint density at radius 3 is 2.28 bits per heavy atom. The standard InChI is InChI=1S/C22H33BF2NO.C2H6/c1-7-9-10-11-17-18-13-12-16(23-27-22(5,6)15(3)4)14-20(18)26(21(24)25)19(17)8-2;1-2/h12-15,21H,7-11H2,1-6H3;1-2H3. The highest BCUT2D eigenvalue weighted by Crippen LogP contribution is 2.32. The van der Waals surface area contributed by atoms with Crippen molar-refractivity contribution >= 4 is 23.8 Å². The largest absolute Gasteiger partial charge is 0.429 e. The molecule has 0 saturated carbocycles. The first-order valence-electron chi connectivity index (χ1n) is 11.2. The minimum atomic E-state index is -2.54. The monoisotopic (exact) mass is 406 g/mol. The second kappa shape index (κ2) is 11.7. The zero-order valence-electron chi connectivity index (χ0n) is 19.6. The molecule has 1 heterocycles. The smallest absolute Gasteiger partial charge is 0.330 e. The first-order valence-corrected chi connectivity index (χ1v) is 11.2. The number of rotatable bonds is 10. The lowest BCUT2D eigenvalue weighted by atomic mass is 9.84. The van der Waals surface area contributed by atoms with Crippen LogP contribution in [-0.4, -0.2) is 17.7 Å². The van der Waals surface area contributed by atoms with Gasteiger partial charge in [0.05, 0.1) is 5.52 Å². The summed E-state index contributed by atoms with van der Waals surface area (Å²) in [6.07, 6.45) is 4.74. The van der Waals surface area contributed by atoms with Crippen LogP contribution in [0.2, 0.25) is 0 Å². The van der Waals surface area contributed by atoms with E-state index < -0.39 is 6.55 Å². The van der Waals surface area contributed by atoms with Crippen LogP contribution in [0.1, 0.15) is 92.5 Å². The number of halogens is 2. The normalized spacial score (nSPS) is 11.9. The van der Waals surface area contributed by atoms with Gasteiger partial charge in [0.2, 0.25) is 0 Å². The van der Waals surface area contributed by atoms with E-state index in [4.69, 9.17) is 4.65 Å². The van der Waals surface area contributed by atoms with Crippen LogP contribution in [0.3, 0.4) is 0 Å². The lowest BCUT2D eigenvalue weighted by Crippen LogP contribution is -2.36. The molecular weight excluding hydrogens is 367 g/mol. The summed E-state index contributed by atoms with van der Waals surface area (Å²) in [7, 11) is 1.70. The Hall–Kier alpha value is -1.36. The van der Waals surface area contributed by atoms with Gasteiger partial charge in [0, 0.05) is 16.7 Å². The molecule has 1 radical (unpaired) electrons. The van der Waals surface area contributed by atoms with E-state index in [9.17, 15) is 8.78 Å². The van der Waals surface area contributed by atoms with Crippen LogP contribution >= 0.6 is 0 Å². The molecule has 29 heavy (non-hydrogen) atoms. The average molecular weight is 406 g/mol. The van der Waals surface area contributed by atoms with Crippen molar-refractivity contribution in [2.45, 2.75) is 99.6 Å². The van der Waals surface area contributed by atoms with Gasteiger partial charge in [-0.05, 0) is 50.7 Å². The molecule has 0 unspecified atom stereocenters. The third kappa shape index (κ3) is 6.31. The van der Waals surface area contributed by atoms with Gasteiger partial charge in [-0.3, -0.25) is 4.57 Å². The number of nitrogens with zero attached hydrogens (tertiary/aromatic N) is 1. The molecule has 0 N–H and O–H groups in total. The van der Waals surface area contributed by atoms with Gasteiger partial charge in [0.25, 0.3) is 0 Å². The second-order valence-corrected chi connectivity index (χ2v) is 8.15. The van der Waals surface area contributed by atoms with Gasteiger partial charge in [-0.15, -0.1) is 0 Å². The Morgan fingerprint density at radius 2 is 1.76 bits per heavy atom. The van der Waals surface area contributed by atoms with Gasteiger partial charge >= 0.3 is 14.0 Å². The summed E-state index contributed by atoms with van der Waals surface area (Å²) in [6.45, 7) is 13.9. The van der Waals surface area contributed by atoms with Crippen LogP contribution in [0, 0.1) is 5.92 Å². The number of hydrogen-bond acceptors (Lipinski definition) is 1. The van der Waals surface area contributed by atoms with Gasteiger partial charge in [-0.1, -0.05) is 72.0 Å². The molecule has 2 rings (SSSR count). The molecular formula is C24H39BF2NO. The Bertz CT molecular complexity index is 753. The zero-order valence-corrected chi connectivity index (χ0v) is 19.6. The maximum Gasteiger partial charge on any atom is 0.330 e. The van der Waals surface area contributed by atoms with Crippen molar-refractivity contribution in [3.8, 4) is 0 Å². The Morgan fingerprint density at radius 1 is 1.10 bits per heavy atom. The number of alkyl halides is 2. The molecule has 1 aromatic heterocycles. The number of benzene rings is 1. The molecule has 0 saturated heterocycles. The summed E-state index contributed by atoms with van der Waals surface area (Å²) >= 11 is 0. The summed E-state index contributed by atoms with van der Waals surface area (Å²) in [5, 5.41) is 0.948. The number of aryl methyl sites for hydroxylation is 1. The van der Waals surface area contributed by atoms with E-state index >= 15 is 0 Å². The van der Waals surface area contributed by atoms with E-state index in [-0.39, 0.29) is 5.60 Å². The Balaban J connectivity index is 0.00000204. The quantitative estimate of drug-likeness (QED) is 0.304. The summed E-state index contributed by atoms with van der Waals surface area (Å²) in [5.74, 6) is 0.347. The van der Waals surface area contributed by atoms with E-state index in [0.717, 1.165) is 47.8 Å². The average Bonchev–Trinajstić information content (AvgIpc) is 3.01. The molecule has 0 aliphatic heterocycles. The summed E-state index contributed by atoms with van der Waals surface area (Å²) in [6, 6.07) is 5.78. The Labute approximate surface area is 177 Å². The molecule has 0 bridgehead atoms. The highest BCUT2D eigenvalue weighted by molar-refractivity contribution is 6.47. The molecule has 5 heteroatoms. The molecule has 2 aromatic rings. The van der Waals surface area contributed by atoms with Crippen LogP contribution in [0.15, 0.2) is 18.2 Å². The second-order valence-electron chi connectivity index (χ2n) is 8.15. The molecule has 0 aliphatic rings. The number of hydrogen-bond donors (Lipinski definition) is 0. The molecule has 0 atom stereocenters. The van der Waals surface area contributed by atoms with E-state index in [1.807, 2.05) is 52.8 Å². The lowest BCUT2D eigenvalue weighted by Gasteiger charge is -2.30. The predicted octanol–water partition coefficient (Wildman–Crippen LogP) is 7.05. The topological polar surface area (TPSA) is 14.2 Å². The maximum absolute atomic E-state index is 13.9. The van der Waals surface area contributed by atoms with Gasteiger partial charge in [0.1, 0.15) is 0 Å². The fourth-order valence-corrected chi connectivity index (χ4v) is 3.32. The summed E-state index contributed by atoms with van der Waals surface area (Å²) in [5.41, 5.74) is 2.96. The molecule has 0 aliphatic carbocycles. The van der Waals surface area contributed by atoms with E-state index in [2.05, 4.69) is 20.8 Å². The van der Waals surface area contributed by atoms with Crippen molar-refractivity contribution in [2.75, 3.05) is 0 Å². The van der Waals surface area contributed by atoms with Gasteiger partial charge < -0.3 is 4.65 Å². The first kappa shape index (κ1) is 25.7. The highest BCUT2D eigenvalue weighted by Gasteiger charge is 2.24. The number of unbranched alkanes of at least 4 members (excludes halogenated alkanes) is 2. The Kier molecular flexibility index (Phi) is 10.4. The van der Waals surface area contributed by atoms with Gasteiger partial charge in [-0.25, -0.2) is 0 Å². The molecule has 0 fully saturated rings. The van der Waals surface area contributed by atoms with E-state index in [0.29, 0.717) is 17.9 Å².